The molecule has 0 spiro atoms. The molecular weight excluding hydrogens is 194 g/mol. The summed E-state index contributed by atoms with van der Waals surface area (Å²) >= 11 is 0. The summed E-state index contributed by atoms with van der Waals surface area (Å²) in [7, 11) is 0. The van der Waals surface area contributed by atoms with Crippen molar-refractivity contribution in [1.29, 1.82) is 0 Å². The third-order valence-corrected chi connectivity index (χ3v) is 2.17. The molecule has 0 saturated carbocycles. The van der Waals surface area contributed by atoms with E-state index in [2.05, 4.69) is 20.8 Å². The lowest BCUT2D eigenvalue weighted by atomic mass is 10.3. The van der Waals surface area contributed by atoms with Crippen molar-refractivity contribution in [3.63, 3.8) is 0 Å². The Labute approximate surface area is 89.5 Å². The van der Waals surface area contributed by atoms with Gasteiger partial charge in [0.25, 0.3) is 0 Å². The second-order valence-corrected chi connectivity index (χ2v) is 3.73. The number of carbonyl (C=O) groups is 1. The van der Waals surface area contributed by atoms with Gasteiger partial charge in [-0.1, -0.05) is 6.92 Å². The maximum atomic E-state index is 10.7. The zero-order chi connectivity index (χ0) is 11.4. The van der Waals surface area contributed by atoms with E-state index < -0.39 is 5.97 Å². The standard InChI is InChI=1S/C11H17NO3/c1-4-7-12(8(2)3)10-6-5-9(15-10)11(13)14/h5-6,8H,4,7H2,1-3H3,(H,13,14). The second kappa shape index (κ2) is 4.87. The van der Waals surface area contributed by atoms with Crippen molar-refractivity contribution in [2.45, 2.75) is 33.2 Å². The van der Waals surface area contributed by atoms with Gasteiger partial charge in [0, 0.05) is 18.7 Å². The molecule has 0 atom stereocenters. The minimum Gasteiger partial charge on any atom is -0.475 e. The van der Waals surface area contributed by atoms with Gasteiger partial charge in [-0.15, -0.1) is 0 Å². The first kappa shape index (κ1) is 11.6. The number of hydrogen-bond acceptors (Lipinski definition) is 3. The molecule has 1 aromatic rings. The number of carboxylic acids is 1. The molecule has 15 heavy (non-hydrogen) atoms. The normalized spacial score (nSPS) is 10.7. The average Bonchev–Trinajstić information content (AvgIpc) is 2.62. The third-order valence-electron chi connectivity index (χ3n) is 2.17. The molecule has 0 aliphatic rings. The lowest BCUT2D eigenvalue weighted by molar-refractivity contribution is 0.0663. The molecule has 0 bridgehead atoms. The highest BCUT2D eigenvalue weighted by atomic mass is 16.4. The van der Waals surface area contributed by atoms with Crippen LogP contribution in [0, 0.1) is 0 Å². The Morgan fingerprint density at radius 3 is 2.60 bits per heavy atom. The van der Waals surface area contributed by atoms with Crippen molar-refractivity contribution < 1.29 is 14.3 Å². The van der Waals surface area contributed by atoms with Gasteiger partial charge in [-0.3, -0.25) is 0 Å². The molecule has 0 fully saturated rings. The predicted octanol–water partition coefficient (Wildman–Crippen LogP) is 2.60. The predicted molar refractivity (Wildman–Crippen MR) is 58.4 cm³/mol. The summed E-state index contributed by atoms with van der Waals surface area (Å²) in [6.45, 7) is 7.05. The molecule has 0 unspecified atom stereocenters. The Balaban J connectivity index is 2.86. The van der Waals surface area contributed by atoms with Crippen molar-refractivity contribution in [3.8, 4) is 0 Å². The number of anilines is 1. The highest BCUT2D eigenvalue weighted by Gasteiger charge is 2.15. The molecule has 1 heterocycles. The topological polar surface area (TPSA) is 53.7 Å². The molecular formula is C11H17NO3. The van der Waals surface area contributed by atoms with Crippen molar-refractivity contribution in [1.82, 2.24) is 0 Å². The van der Waals surface area contributed by atoms with Crippen LogP contribution in [0.15, 0.2) is 16.5 Å². The molecule has 4 heteroatoms. The molecule has 1 aromatic heterocycles. The van der Waals surface area contributed by atoms with Gasteiger partial charge < -0.3 is 14.4 Å². The number of aromatic carboxylic acids is 1. The van der Waals surface area contributed by atoms with Crippen LogP contribution in [0.4, 0.5) is 5.88 Å². The third kappa shape index (κ3) is 2.75. The van der Waals surface area contributed by atoms with Crippen molar-refractivity contribution in [3.05, 3.63) is 17.9 Å². The number of furan rings is 1. The van der Waals surface area contributed by atoms with Crippen molar-refractivity contribution >= 4 is 11.9 Å². The zero-order valence-corrected chi connectivity index (χ0v) is 9.36. The van der Waals surface area contributed by atoms with Gasteiger partial charge in [-0.05, 0) is 26.3 Å². The van der Waals surface area contributed by atoms with Crippen LogP contribution in [-0.4, -0.2) is 23.7 Å². The summed E-state index contributed by atoms with van der Waals surface area (Å²) in [5, 5.41) is 8.74. The van der Waals surface area contributed by atoms with Gasteiger partial charge in [0.1, 0.15) is 0 Å². The maximum absolute atomic E-state index is 10.7. The van der Waals surface area contributed by atoms with E-state index in [4.69, 9.17) is 9.52 Å². The van der Waals surface area contributed by atoms with Crippen LogP contribution in [0.3, 0.4) is 0 Å². The Morgan fingerprint density at radius 2 is 2.20 bits per heavy atom. The quantitative estimate of drug-likeness (QED) is 0.813. The van der Waals surface area contributed by atoms with Crippen LogP contribution in [0.1, 0.15) is 37.7 Å². The minimum absolute atomic E-state index is 0.00764. The zero-order valence-electron chi connectivity index (χ0n) is 9.36. The first-order valence-electron chi connectivity index (χ1n) is 5.16. The van der Waals surface area contributed by atoms with Crippen LogP contribution in [-0.2, 0) is 0 Å². The molecule has 0 radical (unpaired) electrons. The lowest BCUT2D eigenvalue weighted by Crippen LogP contribution is -2.30. The van der Waals surface area contributed by atoms with Gasteiger partial charge >= 0.3 is 5.97 Å². The molecule has 84 valence electrons. The van der Waals surface area contributed by atoms with Crippen LogP contribution < -0.4 is 4.90 Å². The van der Waals surface area contributed by atoms with E-state index in [0.29, 0.717) is 11.9 Å². The molecule has 0 aliphatic carbocycles. The van der Waals surface area contributed by atoms with Crippen molar-refractivity contribution in [2.75, 3.05) is 11.4 Å². The number of hydrogen-bond donors (Lipinski definition) is 1. The molecule has 4 nitrogen and oxygen atoms in total. The summed E-state index contributed by atoms with van der Waals surface area (Å²) in [5.74, 6) is -0.405. The summed E-state index contributed by atoms with van der Waals surface area (Å²) in [5.41, 5.74) is 0. The van der Waals surface area contributed by atoms with Crippen molar-refractivity contribution in [2.24, 2.45) is 0 Å². The first-order chi connectivity index (χ1) is 7.06. The molecule has 0 amide bonds. The highest BCUT2D eigenvalue weighted by Crippen LogP contribution is 2.20. The van der Waals surface area contributed by atoms with Crippen LogP contribution in [0.5, 0.6) is 0 Å². The maximum Gasteiger partial charge on any atom is 0.371 e. The fraction of sp³-hybridized carbons (Fsp3) is 0.545. The summed E-state index contributed by atoms with van der Waals surface area (Å²) < 4.78 is 5.25. The van der Waals surface area contributed by atoms with E-state index in [0.717, 1.165) is 13.0 Å². The Hall–Kier alpha value is -1.45. The number of nitrogens with zero attached hydrogens (tertiary/aromatic N) is 1. The summed E-state index contributed by atoms with van der Waals surface area (Å²) in [6.07, 6.45) is 1.00. The number of carboxylic acid groups (broad SMARTS) is 1. The summed E-state index contributed by atoms with van der Waals surface area (Å²) in [4.78, 5) is 12.7. The smallest absolute Gasteiger partial charge is 0.371 e. The Morgan fingerprint density at radius 1 is 1.53 bits per heavy atom. The Bertz CT molecular complexity index is 330. The van der Waals surface area contributed by atoms with Gasteiger partial charge in [0.05, 0.1) is 0 Å². The minimum atomic E-state index is -1.03. The average molecular weight is 211 g/mol. The molecule has 1 N–H and O–H groups in total. The molecule has 0 aliphatic heterocycles. The largest absolute Gasteiger partial charge is 0.475 e. The summed E-state index contributed by atoms with van der Waals surface area (Å²) in [6, 6.07) is 3.50. The van der Waals surface area contributed by atoms with Gasteiger partial charge in [0.2, 0.25) is 5.76 Å². The van der Waals surface area contributed by atoms with Gasteiger partial charge in [-0.2, -0.15) is 0 Å². The fourth-order valence-corrected chi connectivity index (χ4v) is 1.46. The molecule has 0 saturated heterocycles. The van der Waals surface area contributed by atoms with Crippen LogP contribution >= 0.6 is 0 Å². The molecule has 1 rings (SSSR count). The van der Waals surface area contributed by atoms with E-state index in [9.17, 15) is 4.79 Å². The second-order valence-electron chi connectivity index (χ2n) is 3.73. The van der Waals surface area contributed by atoms with E-state index in [1.54, 1.807) is 6.07 Å². The van der Waals surface area contributed by atoms with E-state index >= 15 is 0 Å². The van der Waals surface area contributed by atoms with Crippen LogP contribution in [0.2, 0.25) is 0 Å². The molecule has 0 aromatic carbocycles. The lowest BCUT2D eigenvalue weighted by Gasteiger charge is -2.25. The number of rotatable bonds is 5. The Kier molecular flexibility index (Phi) is 3.77. The van der Waals surface area contributed by atoms with E-state index in [-0.39, 0.29) is 5.76 Å². The van der Waals surface area contributed by atoms with Gasteiger partial charge in [-0.25, -0.2) is 4.79 Å². The first-order valence-corrected chi connectivity index (χ1v) is 5.16. The fourth-order valence-electron chi connectivity index (χ4n) is 1.46. The van der Waals surface area contributed by atoms with Crippen LogP contribution in [0.25, 0.3) is 0 Å². The van der Waals surface area contributed by atoms with E-state index in [1.807, 2.05) is 4.90 Å². The SMILES string of the molecule is CCCN(c1ccc(C(=O)O)o1)C(C)C. The monoisotopic (exact) mass is 211 g/mol. The highest BCUT2D eigenvalue weighted by molar-refractivity contribution is 5.84. The van der Waals surface area contributed by atoms with Gasteiger partial charge in [0.15, 0.2) is 5.88 Å². The van der Waals surface area contributed by atoms with E-state index in [1.165, 1.54) is 6.07 Å².